The molecule has 150 valence electrons. The number of rotatable bonds is 8. The van der Waals surface area contributed by atoms with Gasteiger partial charge in [-0.15, -0.1) is 0 Å². The van der Waals surface area contributed by atoms with E-state index < -0.39 is 0 Å². The summed E-state index contributed by atoms with van der Waals surface area (Å²) < 4.78 is 16.3. The van der Waals surface area contributed by atoms with Crippen LogP contribution in [0.5, 0.6) is 17.2 Å². The normalized spacial score (nSPS) is 12.9. The number of benzene rings is 2. The molecule has 7 heteroatoms. The van der Waals surface area contributed by atoms with Crippen LogP contribution in [0.1, 0.15) is 12.8 Å². The van der Waals surface area contributed by atoms with Crippen molar-refractivity contribution in [2.45, 2.75) is 18.9 Å². The maximum absolute atomic E-state index is 5.44. The van der Waals surface area contributed by atoms with Gasteiger partial charge in [0.25, 0.3) is 0 Å². The van der Waals surface area contributed by atoms with Gasteiger partial charge in [0.15, 0.2) is 17.3 Å². The lowest BCUT2D eigenvalue weighted by Gasteiger charge is -2.16. The number of ether oxygens (including phenoxy) is 3. The lowest BCUT2D eigenvalue weighted by molar-refractivity contribution is 0.324. The number of methoxy groups -OCH3 is 3. The molecular weight excluding hydrogens is 368 g/mol. The van der Waals surface area contributed by atoms with Crippen LogP contribution in [0.3, 0.4) is 0 Å². The zero-order valence-electron chi connectivity index (χ0n) is 16.7. The smallest absolute Gasteiger partial charge is 0.203 e. The topological polar surface area (TPSA) is 77.5 Å². The standard InChI is InChI=1S/C22H24N4O3/c1-27-17-11-16(12-18(28-2)21(17)29-3)24-20-13-19(23-15-9-10-15)25-22(26-20)14-7-5-4-6-8-14/h4-8,11-13,15H,9-10H2,1-3H3,(H2,23,24,25,26). The van der Waals surface area contributed by atoms with Crippen molar-refractivity contribution in [1.29, 1.82) is 0 Å². The predicted octanol–water partition coefficient (Wildman–Crippen LogP) is 4.49. The van der Waals surface area contributed by atoms with Crippen molar-refractivity contribution in [1.82, 2.24) is 9.97 Å². The van der Waals surface area contributed by atoms with Gasteiger partial charge in [-0.1, -0.05) is 30.3 Å². The van der Waals surface area contributed by atoms with Gasteiger partial charge < -0.3 is 24.8 Å². The molecule has 0 unspecified atom stereocenters. The zero-order valence-corrected chi connectivity index (χ0v) is 16.7. The number of nitrogens with zero attached hydrogens (tertiary/aromatic N) is 2. The van der Waals surface area contributed by atoms with Crippen LogP contribution in [0.4, 0.5) is 17.3 Å². The molecule has 0 bridgehead atoms. The lowest BCUT2D eigenvalue weighted by Crippen LogP contribution is -2.06. The summed E-state index contributed by atoms with van der Waals surface area (Å²) in [5.41, 5.74) is 1.73. The van der Waals surface area contributed by atoms with E-state index in [0.29, 0.717) is 34.9 Å². The van der Waals surface area contributed by atoms with Crippen LogP contribution in [-0.2, 0) is 0 Å². The highest BCUT2D eigenvalue weighted by Crippen LogP contribution is 2.40. The van der Waals surface area contributed by atoms with E-state index in [1.807, 2.05) is 48.5 Å². The van der Waals surface area contributed by atoms with E-state index >= 15 is 0 Å². The summed E-state index contributed by atoms with van der Waals surface area (Å²) in [5.74, 6) is 3.83. The summed E-state index contributed by atoms with van der Waals surface area (Å²) in [6.45, 7) is 0. The molecular formula is C22H24N4O3. The summed E-state index contributed by atoms with van der Waals surface area (Å²) in [4.78, 5) is 9.39. The molecule has 7 nitrogen and oxygen atoms in total. The first kappa shape index (κ1) is 18.9. The summed E-state index contributed by atoms with van der Waals surface area (Å²) in [5, 5.41) is 6.80. The van der Waals surface area contributed by atoms with Crippen LogP contribution in [0.25, 0.3) is 11.4 Å². The van der Waals surface area contributed by atoms with Crippen LogP contribution >= 0.6 is 0 Å². The van der Waals surface area contributed by atoms with Gasteiger partial charge in [0, 0.05) is 35.5 Å². The first-order valence-corrected chi connectivity index (χ1v) is 9.48. The number of hydrogen-bond acceptors (Lipinski definition) is 7. The van der Waals surface area contributed by atoms with Crippen molar-refractivity contribution < 1.29 is 14.2 Å². The van der Waals surface area contributed by atoms with Gasteiger partial charge in [-0.2, -0.15) is 0 Å². The molecule has 0 aliphatic heterocycles. The maximum atomic E-state index is 5.44. The molecule has 1 aromatic heterocycles. The third-order valence-electron chi connectivity index (χ3n) is 4.62. The second-order valence-corrected chi connectivity index (χ2v) is 6.79. The monoisotopic (exact) mass is 392 g/mol. The summed E-state index contributed by atoms with van der Waals surface area (Å²) in [7, 11) is 4.77. The van der Waals surface area contributed by atoms with Crippen LogP contribution in [0.15, 0.2) is 48.5 Å². The predicted molar refractivity (Wildman–Crippen MR) is 113 cm³/mol. The molecule has 0 radical (unpaired) electrons. The number of anilines is 3. The van der Waals surface area contributed by atoms with Crippen molar-refractivity contribution in [2.24, 2.45) is 0 Å². The summed E-state index contributed by atoms with van der Waals surface area (Å²) >= 11 is 0. The molecule has 0 spiro atoms. The minimum absolute atomic E-state index is 0.488. The molecule has 2 aromatic carbocycles. The number of nitrogens with one attached hydrogen (secondary N) is 2. The first-order chi connectivity index (χ1) is 14.2. The van der Waals surface area contributed by atoms with Gasteiger partial charge in [-0.05, 0) is 12.8 Å². The van der Waals surface area contributed by atoms with Crippen molar-refractivity contribution in [3.05, 3.63) is 48.5 Å². The second kappa shape index (κ2) is 8.26. The molecule has 1 aliphatic carbocycles. The van der Waals surface area contributed by atoms with Crippen molar-refractivity contribution in [3.8, 4) is 28.6 Å². The highest BCUT2D eigenvalue weighted by Gasteiger charge is 2.22. The number of aromatic nitrogens is 2. The van der Waals surface area contributed by atoms with Crippen LogP contribution in [0, 0.1) is 0 Å². The Morgan fingerprint density at radius 2 is 1.48 bits per heavy atom. The van der Waals surface area contributed by atoms with E-state index in [1.165, 1.54) is 12.8 Å². The highest BCUT2D eigenvalue weighted by atomic mass is 16.5. The lowest BCUT2D eigenvalue weighted by atomic mass is 10.2. The largest absolute Gasteiger partial charge is 0.493 e. The Morgan fingerprint density at radius 3 is 2.07 bits per heavy atom. The molecule has 0 amide bonds. The van der Waals surface area contributed by atoms with Gasteiger partial charge >= 0.3 is 0 Å². The van der Waals surface area contributed by atoms with E-state index in [-0.39, 0.29) is 0 Å². The van der Waals surface area contributed by atoms with E-state index in [2.05, 4.69) is 15.6 Å². The fraction of sp³-hybridized carbons (Fsp3) is 0.273. The highest BCUT2D eigenvalue weighted by molar-refractivity contribution is 5.69. The average Bonchev–Trinajstić information content (AvgIpc) is 3.57. The molecule has 1 aliphatic rings. The van der Waals surface area contributed by atoms with E-state index in [0.717, 1.165) is 17.1 Å². The Morgan fingerprint density at radius 1 is 0.828 bits per heavy atom. The molecule has 29 heavy (non-hydrogen) atoms. The molecule has 1 fully saturated rings. The van der Waals surface area contributed by atoms with E-state index in [1.54, 1.807) is 21.3 Å². The third-order valence-corrected chi connectivity index (χ3v) is 4.62. The van der Waals surface area contributed by atoms with Crippen LogP contribution in [0.2, 0.25) is 0 Å². The third kappa shape index (κ3) is 4.34. The Hall–Kier alpha value is -3.48. The zero-order chi connectivity index (χ0) is 20.2. The number of hydrogen-bond donors (Lipinski definition) is 2. The van der Waals surface area contributed by atoms with Crippen molar-refractivity contribution in [2.75, 3.05) is 32.0 Å². The minimum Gasteiger partial charge on any atom is -0.493 e. The second-order valence-electron chi connectivity index (χ2n) is 6.79. The maximum Gasteiger partial charge on any atom is 0.203 e. The Labute approximate surface area is 170 Å². The van der Waals surface area contributed by atoms with Crippen LogP contribution < -0.4 is 24.8 Å². The van der Waals surface area contributed by atoms with E-state index in [4.69, 9.17) is 19.2 Å². The molecule has 1 heterocycles. The molecule has 2 N–H and O–H groups in total. The van der Waals surface area contributed by atoms with Gasteiger partial charge in [0.2, 0.25) is 5.75 Å². The van der Waals surface area contributed by atoms with Gasteiger partial charge in [0.05, 0.1) is 21.3 Å². The van der Waals surface area contributed by atoms with Gasteiger partial charge in [0.1, 0.15) is 11.6 Å². The van der Waals surface area contributed by atoms with E-state index in [9.17, 15) is 0 Å². The Kier molecular flexibility index (Phi) is 5.37. The SMILES string of the molecule is COc1cc(Nc2cc(NC3CC3)nc(-c3ccccc3)n2)cc(OC)c1OC. The molecule has 3 aromatic rings. The van der Waals surface area contributed by atoms with Gasteiger partial charge in [-0.25, -0.2) is 9.97 Å². The molecule has 0 saturated heterocycles. The molecule has 4 rings (SSSR count). The summed E-state index contributed by atoms with van der Waals surface area (Å²) in [6.07, 6.45) is 2.33. The quantitative estimate of drug-likeness (QED) is 0.585. The molecule has 0 atom stereocenters. The average molecular weight is 392 g/mol. The van der Waals surface area contributed by atoms with Crippen molar-refractivity contribution in [3.63, 3.8) is 0 Å². The Bertz CT molecular complexity index is 966. The first-order valence-electron chi connectivity index (χ1n) is 9.48. The minimum atomic E-state index is 0.488. The summed E-state index contributed by atoms with van der Waals surface area (Å²) in [6, 6.07) is 16.0. The molecule has 1 saturated carbocycles. The van der Waals surface area contributed by atoms with Crippen LogP contribution in [-0.4, -0.2) is 37.3 Å². The Balaban J connectivity index is 1.70. The fourth-order valence-corrected chi connectivity index (χ4v) is 3.04. The fourth-order valence-electron chi connectivity index (χ4n) is 3.04. The van der Waals surface area contributed by atoms with Gasteiger partial charge in [-0.3, -0.25) is 0 Å². The van der Waals surface area contributed by atoms with Crippen molar-refractivity contribution >= 4 is 17.3 Å².